The third kappa shape index (κ3) is 2.86. The quantitative estimate of drug-likeness (QED) is 0.618. The van der Waals surface area contributed by atoms with E-state index >= 15 is 0 Å². The summed E-state index contributed by atoms with van der Waals surface area (Å²) in [5.74, 6) is -0.563. The standard InChI is InChI=1S/C21H22FN5O2/c1-10-18-14(21(29)27-8-12-2-3-13(9-27)19(12)23)7-16(24-20(18)26-25-10)11-4-5-17(28)15(22)6-11/h4-7,12-13,19,28H,2-3,8-9,23H2,1H3,(H,24,25,26)/t12-,13+,19?. The van der Waals surface area contributed by atoms with E-state index in [-0.39, 0.29) is 11.9 Å². The van der Waals surface area contributed by atoms with Gasteiger partial charge in [-0.15, -0.1) is 0 Å². The third-order valence-corrected chi connectivity index (χ3v) is 6.38. The minimum absolute atomic E-state index is 0.0776. The first-order valence-corrected chi connectivity index (χ1v) is 9.82. The maximum Gasteiger partial charge on any atom is 0.254 e. The fourth-order valence-electron chi connectivity index (χ4n) is 4.77. The molecule has 29 heavy (non-hydrogen) atoms. The van der Waals surface area contributed by atoms with Gasteiger partial charge in [0.05, 0.1) is 22.3 Å². The summed E-state index contributed by atoms with van der Waals surface area (Å²) >= 11 is 0. The van der Waals surface area contributed by atoms with Crippen molar-refractivity contribution in [3.05, 3.63) is 41.3 Å². The molecule has 2 bridgehead atoms. The zero-order valence-corrected chi connectivity index (χ0v) is 16.0. The smallest absolute Gasteiger partial charge is 0.254 e. The normalized spacial score (nSPS) is 23.7. The number of hydrogen-bond donors (Lipinski definition) is 3. The Morgan fingerprint density at radius 3 is 2.69 bits per heavy atom. The van der Waals surface area contributed by atoms with E-state index < -0.39 is 11.6 Å². The van der Waals surface area contributed by atoms with E-state index in [1.807, 2.05) is 11.8 Å². The van der Waals surface area contributed by atoms with Crippen molar-refractivity contribution in [2.75, 3.05) is 13.1 Å². The lowest BCUT2D eigenvalue weighted by atomic mass is 9.92. The predicted molar refractivity (Wildman–Crippen MR) is 106 cm³/mol. The molecule has 1 saturated carbocycles. The topological polar surface area (TPSA) is 108 Å². The summed E-state index contributed by atoms with van der Waals surface area (Å²) in [5, 5.41) is 17.2. The number of nitrogens with one attached hydrogen (secondary N) is 1. The van der Waals surface area contributed by atoms with Crippen LogP contribution in [0.1, 0.15) is 28.9 Å². The lowest BCUT2D eigenvalue weighted by molar-refractivity contribution is 0.0639. The van der Waals surface area contributed by atoms with Gasteiger partial charge in [-0.1, -0.05) is 0 Å². The van der Waals surface area contributed by atoms with E-state index in [0.29, 0.717) is 58.5 Å². The number of rotatable bonds is 2. The fraction of sp³-hybridized carbons (Fsp3) is 0.381. The molecular weight excluding hydrogens is 373 g/mol. The Kier molecular flexibility index (Phi) is 4.06. The van der Waals surface area contributed by atoms with Crippen LogP contribution in [0.5, 0.6) is 5.75 Å². The number of aromatic hydroxyl groups is 1. The van der Waals surface area contributed by atoms with E-state index in [9.17, 15) is 14.3 Å². The molecular formula is C21H22FN5O2. The van der Waals surface area contributed by atoms with Crippen molar-refractivity contribution in [1.82, 2.24) is 20.1 Å². The van der Waals surface area contributed by atoms with E-state index in [1.54, 1.807) is 12.1 Å². The van der Waals surface area contributed by atoms with Gasteiger partial charge in [0, 0.05) is 24.7 Å². The van der Waals surface area contributed by atoms with Gasteiger partial charge in [0.2, 0.25) is 0 Å². The summed E-state index contributed by atoms with van der Waals surface area (Å²) in [6.45, 7) is 3.13. The molecule has 1 saturated heterocycles. The van der Waals surface area contributed by atoms with Gasteiger partial charge < -0.3 is 15.7 Å². The summed E-state index contributed by atoms with van der Waals surface area (Å²) in [5.41, 5.74) is 8.88. The van der Waals surface area contributed by atoms with Gasteiger partial charge in [-0.25, -0.2) is 9.37 Å². The van der Waals surface area contributed by atoms with Crippen LogP contribution in [-0.2, 0) is 0 Å². The van der Waals surface area contributed by atoms with Crippen LogP contribution in [0.3, 0.4) is 0 Å². The predicted octanol–water partition coefficient (Wildman–Crippen LogP) is 2.59. The van der Waals surface area contributed by atoms with Gasteiger partial charge in [0.1, 0.15) is 0 Å². The second-order valence-electron chi connectivity index (χ2n) is 8.14. The number of carbonyl (C=O) groups excluding carboxylic acids is 1. The number of hydrogen-bond acceptors (Lipinski definition) is 5. The number of pyridine rings is 1. The number of fused-ring (bicyclic) bond motifs is 3. The van der Waals surface area contributed by atoms with Crippen molar-refractivity contribution < 1.29 is 14.3 Å². The summed E-state index contributed by atoms with van der Waals surface area (Å²) in [4.78, 5) is 19.9. The number of nitrogens with two attached hydrogens (primary N) is 1. The molecule has 7 nitrogen and oxygen atoms in total. The molecule has 1 amide bonds. The number of nitrogens with zero attached hydrogens (tertiary/aromatic N) is 3. The Labute approximate surface area is 166 Å². The zero-order valence-electron chi connectivity index (χ0n) is 16.0. The number of carbonyl (C=O) groups is 1. The van der Waals surface area contributed by atoms with Crippen molar-refractivity contribution in [2.45, 2.75) is 25.8 Å². The second kappa shape index (κ2) is 6.52. The first-order chi connectivity index (χ1) is 13.9. The van der Waals surface area contributed by atoms with Crippen molar-refractivity contribution in [1.29, 1.82) is 0 Å². The average Bonchev–Trinajstić information content (AvgIpc) is 3.16. The van der Waals surface area contributed by atoms with Gasteiger partial charge in [0.15, 0.2) is 17.2 Å². The Morgan fingerprint density at radius 1 is 1.28 bits per heavy atom. The molecule has 2 aromatic heterocycles. The molecule has 3 heterocycles. The monoisotopic (exact) mass is 395 g/mol. The molecule has 3 atom stereocenters. The molecule has 2 aliphatic rings. The van der Waals surface area contributed by atoms with Crippen LogP contribution in [0.25, 0.3) is 22.3 Å². The second-order valence-corrected chi connectivity index (χ2v) is 8.14. The van der Waals surface area contributed by atoms with Crippen LogP contribution >= 0.6 is 0 Å². The molecule has 3 aromatic rings. The number of piperidine rings is 1. The first kappa shape index (κ1) is 18.1. The molecule has 1 aromatic carbocycles. The molecule has 1 unspecified atom stereocenters. The van der Waals surface area contributed by atoms with Crippen LogP contribution in [0.4, 0.5) is 4.39 Å². The number of phenols is 1. The number of likely N-dealkylation sites (tertiary alicyclic amines) is 1. The van der Waals surface area contributed by atoms with E-state index in [4.69, 9.17) is 5.73 Å². The summed E-state index contributed by atoms with van der Waals surface area (Å²) in [6, 6.07) is 5.92. The number of phenolic OH excluding ortho intramolecular Hbond substituents is 1. The summed E-state index contributed by atoms with van der Waals surface area (Å²) < 4.78 is 13.9. The van der Waals surface area contributed by atoms with Gasteiger partial charge >= 0.3 is 0 Å². The molecule has 4 N–H and O–H groups in total. The summed E-state index contributed by atoms with van der Waals surface area (Å²) in [6.07, 6.45) is 2.12. The van der Waals surface area contributed by atoms with Crippen LogP contribution in [0.15, 0.2) is 24.3 Å². The van der Waals surface area contributed by atoms with Crippen LogP contribution < -0.4 is 5.73 Å². The highest BCUT2D eigenvalue weighted by molar-refractivity contribution is 6.07. The van der Waals surface area contributed by atoms with Crippen molar-refractivity contribution >= 4 is 16.9 Å². The first-order valence-electron chi connectivity index (χ1n) is 9.82. The highest BCUT2D eigenvalue weighted by atomic mass is 19.1. The highest BCUT2D eigenvalue weighted by Crippen LogP contribution is 2.37. The lowest BCUT2D eigenvalue weighted by Gasteiger charge is -2.36. The zero-order chi connectivity index (χ0) is 20.3. The van der Waals surface area contributed by atoms with Gasteiger partial charge in [-0.2, -0.15) is 5.10 Å². The number of aryl methyl sites for hydroxylation is 1. The van der Waals surface area contributed by atoms with E-state index in [2.05, 4.69) is 15.2 Å². The molecule has 8 heteroatoms. The molecule has 1 aliphatic carbocycles. The minimum Gasteiger partial charge on any atom is -0.505 e. The number of benzene rings is 1. The van der Waals surface area contributed by atoms with Crippen molar-refractivity contribution in [3.8, 4) is 17.0 Å². The van der Waals surface area contributed by atoms with Crippen molar-refractivity contribution in [2.24, 2.45) is 17.6 Å². The minimum atomic E-state index is -0.736. The molecule has 0 radical (unpaired) electrons. The molecule has 5 rings (SSSR count). The largest absolute Gasteiger partial charge is 0.505 e. The maximum atomic E-state index is 13.9. The SMILES string of the molecule is Cc1n[nH]c2nc(-c3ccc(O)c(F)c3)cc(C(=O)N3C[C@H]4CC[C@@H](C3)C4N)c12. The number of aromatic amines is 1. The van der Waals surface area contributed by atoms with E-state index in [0.717, 1.165) is 12.8 Å². The van der Waals surface area contributed by atoms with Gasteiger partial charge in [-0.3, -0.25) is 9.89 Å². The lowest BCUT2D eigenvalue weighted by Crippen LogP contribution is -2.50. The molecule has 2 fully saturated rings. The van der Waals surface area contributed by atoms with Crippen LogP contribution in [0, 0.1) is 24.6 Å². The van der Waals surface area contributed by atoms with E-state index in [1.165, 1.54) is 12.1 Å². The third-order valence-electron chi connectivity index (χ3n) is 6.38. The Bertz CT molecular complexity index is 1110. The fourth-order valence-corrected chi connectivity index (χ4v) is 4.77. The Hall–Kier alpha value is -3.00. The number of halogens is 1. The molecule has 1 aliphatic heterocycles. The van der Waals surface area contributed by atoms with Gasteiger partial charge in [-0.05, 0) is 55.9 Å². The van der Waals surface area contributed by atoms with Crippen LogP contribution in [0.2, 0.25) is 0 Å². The highest BCUT2D eigenvalue weighted by Gasteiger charge is 2.41. The van der Waals surface area contributed by atoms with Crippen molar-refractivity contribution in [3.63, 3.8) is 0 Å². The average molecular weight is 395 g/mol. The number of H-pyrrole nitrogens is 1. The maximum absolute atomic E-state index is 13.9. The number of aromatic nitrogens is 3. The number of amides is 1. The summed E-state index contributed by atoms with van der Waals surface area (Å²) in [7, 11) is 0. The van der Waals surface area contributed by atoms with Crippen LogP contribution in [-0.4, -0.2) is 50.2 Å². The Morgan fingerprint density at radius 2 is 2.00 bits per heavy atom. The molecule has 0 spiro atoms. The van der Waals surface area contributed by atoms with Gasteiger partial charge in [0.25, 0.3) is 5.91 Å². The molecule has 150 valence electrons. The Balaban J connectivity index is 1.59.